The minimum atomic E-state index is -0.555. The van der Waals surface area contributed by atoms with Gasteiger partial charge in [-0.05, 0) is 45.5 Å². The van der Waals surface area contributed by atoms with Crippen molar-refractivity contribution in [2.45, 2.75) is 219 Å². The normalized spacial score (nSPS) is 12.6. The largest absolute Gasteiger partial charge is 0.466 e. The summed E-state index contributed by atoms with van der Waals surface area (Å²) in [6, 6.07) is -0.555. The number of carbonyl (C=O) groups is 3. The number of amides is 2. The van der Waals surface area contributed by atoms with Crippen molar-refractivity contribution in [3.05, 3.63) is 0 Å². The molecule has 2 N–H and O–H groups in total. The lowest BCUT2D eigenvalue weighted by atomic mass is 9.93. The third kappa shape index (κ3) is 36.1. The average Bonchev–Trinajstić information content (AvgIpc) is 3.14. The first-order chi connectivity index (χ1) is 25.8. The van der Waals surface area contributed by atoms with Crippen LogP contribution in [0.25, 0.3) is 0 Å². The summed E-state index contributed by atoms with van der Waals surface area (Å²) in [6.07, 6.45) is 35.6. The topological polar surface area (TPSA) is 87.7 Å². The van der Waals surface area contributed by atoms with Gasteiger partial charge in [0.2, 0.25) is 11.8 Å². The second kappa shape index (κ2) is 40.4. The quantitative estimate of drug-likeness (QED) is 0.0476. The van der Waals surface area contributed by atoms with Crippen LogP contribution in [0.5, 0.6) is 0 Å². The molecule has 0 fully saturated rings. The molecule has 0 aliphatic rings. The Morgan fingerprint density at radius 1 is 0.547 bits per heavy atom. The van der Waals surface area contributed by atoms with Crippen molar-refractivity contribution in [2.75, 3.05) is 45.3 Å². The van der Waals surface area contributed by atoms with E-state index in [-0.39, 0.29) is 23.7 Å². The molecule has 0 aromatic heterocycles. The van der Waals surface area contributed by atoms with E-state index in [9.17, 15) is 14.4 Å². The maximum absolute atomic E-state index is 13.7. The van der Waals surface area contributed by atoms with Gasteiger partial charge >= 0.3 is 5.97 Å². The first-order valence-electron chi connectivity index (χ1n) is 22.8. The number of nitrogens with zero attached hydrogens (tertiary/aromatic N) is 1. The van der Waals surface area contributed by atoms with Gasteiger partial charge in [-0.2, -0.15) is 11.8 Å². The van der Waals surface area contributed by atoms with Crippen LogP contribution in [0.3, 0.4) is 0 Å². The number of hydrogen-bond donors (Lipinski definition) is 2. The molecule has 0 spiro atoms. The van der Waals surface area contributed by atoms with Crippen LogP contribution in [0.1, 0.15) is 213 Å². The number of unbranched alkanes of at least 4 members (excludes halogenated alkanes) is 23. The van der Waals surface area contributed by atoms with Gasteiger partial charge in [0.15, 0.2) is 0 Å². The van der Waals surface area contributed by atoms with E-state index in [0.717, 1.165) is 45.1 Å². The number of rotatable bonds is 41. The minimum Gasteiger partial charge on any atom is -0.466 e. The number of thioether (sulfide) groups is 1. The second-order valence-corrected chi connectivity index (χ2v) is 17.2. The molecule has 0 aliphatic heterocycles. The highest BCUT2D eigenvalue weighted by Crippen LogP contribution is 2.21. The molecule has 7 nitrogen and oxygen atoms in total. The predicted molar refractivity (Wildman–Crippen MR) is 231 cm³/mol. The molecule has 0 aliphatic carbocycles. The Morgan fingerprint density at radius 2 is 0.981 bits per heavy atom. The van der Waals surface area contributed by atoms with Crippen LogP contribution in [-0.2, 0) is 19.1 Å². The summed E-state index contributed by atoms with van der Waals surface area (Å²) in [5.41, 5.74) is 0. The Balaban J connectivity index is 4.66. The Hall–Kier alpha value is -1.28. The number of hydrogen-bond acceptors (Lipinski definition) is 6. The fourth-order valence-electron chi connectivity index (χ4n) is 6.85. The zero-order valence-electron chi connectivity index (χ0n) is 35.9. The van der Waals surface area contributed by atoms with E-state index in [4.69, 9.17) is 4.74 Å². The lowest BCUT2D eigenvalue weighted by Crippen LogP contribution is -2.49. The fourth-order valence-corrected chi connectivity index (χ4v) is 7.76. The van der Waals surface area contributed by atoms with Crippen molar-refractivity contribution in [1.29, 1.82) is 0 Å². The highest BCUT2D eigenvalue weighted by atomic mass is 32.2. The molecule has 53 heavy (non-hydrogen) atoms. The molecule has 314 valence electrons. The van der Waals surface area contributed by atoms with Crippen molar-refractivity contribution < 1.29 is 19.1 Å². The Kier molecular flexibility index (Phi) is 39.4. The molecule has 2 unspecified atom stereocenters. The summed E-state index contributed by atoms with van der Waals surface area (Å²) in [7, 11) is 3.98. The summed E-state index contributed by atoms with van der Waals surface area (Å²) in [6.45, 7) is 8.58. The zero-order valence-corrected chi connectivity index (χ0v) is 36.7. The summed E-state index contributed by atoms with van der Waals surface area (Å²) in [4.78, 5) is 41.4. The smallest absolute Gasteiger partial charge is 0.306 e. The Morgan fingerprint density at radius 3 is 1.43 bits per heavy atom. The zero-order chi connectivity index (χ0) is 39.0. The van der Waals surface area contributed by atoms with Gasteiger partial charge in [-0.3, -0.25) is 14.4 Å². The van der Waals surface area contributed by atoms with E-state index >= 15 is 0 Å². The standard InChI is InChI=1S/C45H89N3O4S/c1-6-9-12-15-18-20-21-22-23-25-28-31-38-52-43(49)35-40-53-39-34-42(45(51)46-36-37-48(4)5)47-44(50)41(32-29-26-17-14-11-8-3)33-30-27-24-19-16-13-10-7-2/h41-42H,6-40H2,1-5H3,(H,46,51)(H,47,50). The van der Waals surface area contributed by atoms with E-state index in [1.807, 2.05) is 19.0 Å². The first-order valence-corrected chi connectivity index (χ1v) is 24.0. The molecule has 0 aromatic carbocycles. The third-order valence-corrected chi connectivity index (χ3v) is 11.5. The van der Waals surface area contributed by atoms with Gasteiger partial charge in [0.1, 0.15) is 6.04 Å². The molecule has 2 atom stereocenters. The van der Waals surface area contributed by atoms with Crippen molar-refractivity contribution in [1.82, 2.24) is 15.5 Å². The summed E-state index contributed by atoms with van der Waals surface area (Å²) in [5, 5.41) is 6.24. The van der Waals surface area contributed by atoms with Gasteiger partial charge in [0.25, 0.3) is 0 Å². The van der Waals surface area contributed by atoms with Gasteiger partial charge in [-0.15, -0.1) is 0 Å². The molecule has 0 heterocycles. The van der Waals surface area contributed by atoms with Gasteiger partial charge in [0.05, 0.1) is 13.0 Å². The second-order valence-electron chi connectivity index (χ2n) is 15.9. The molecule has 0 aromatic rings. The number of ether oxygens (including phenoxy) is 1. The highest BCUT2D eigenvalue weighted by Gasteiger charge is 2.25. The Labute approximate surface area is 333 Å². The lowest BCUT2D eigenvalue weighted by molar-refractivity contribution is -0.143. The van der Waals surface area contributed by atoms with Gasteiger partial charge in [-0.1, -0.05) is 181 Å². The number of nitrogens with one attached hydrogen (secondary N) is 2. The van der Waals surface area contributed by atoms with Crippen LogP contribution in [0.2, 0.25) is 0 Å². The number of esters is 1. The van der Waals surface area contributed by atoms with Crippen LogP contribution in [0.15, 0.2) is 0 Å². The van der Waals surface area contributed by atoms with E-state index < -0.39 is 6.04 Å². The molecule has 0 saturated heterocycles. The van der Waals surface area contributed by atoms with Crippen LogP contribution in [0, 0.1) is 5.92 Å². The third-order valence-electron chi connectivity index (χ3n) is 10.4. The monoisotopic (exact) mass is 768 g/mol. The number of likely N-dealkylation sites (N-methyl/N-ethyl adjacent to an activating group) is 1. The SMILES string of the molecule is CCCCCCCCCCCCCCOC(=O)CCSCCC(NC(=O)C(CCCCCCCC)CCCCCCCCCC)C(=O)NCCN(C)C. The summed E-state index contributed by atoms with van der Waals surface area (Å²) in [5.74, 6) is 1.14. The lowest BCUT2D eigenvalue weighted by Gasteiger charge is -2.23. The molecular weight excluding hydrogens is 679 g/mol. The van der Waals surface area contributed by atoms with E-state index in [1.165, 1.54) is 141 Å². The van der Waals surface area contributed by atoms with Crippen molar-refractivity contribution in [3.63, 3.8) is 0 Å². The molecule has 0 saturated carbocycles. The van der Waals surface area contributed by atoms with Gasteiger partial charge in [-0.25, -0.2) is 0 Å². The fraction of sp³-hybridized carbons (Fsp3) is 0.933. The van der Waals surface area contributed by atoms with Crippen LogP contribution in [-0.4, -0.2) is 74.0 Å². The van der Waals surface area contributed by atoms with E-state index in [0.29, 0.717) is 37.5 Å². The molecule has 2 amide bonds. The first kappa shape index (κ1) is 51.7. The summed E-state index contributed by atoms with van der Waals surface area (Å²) < 4.78 is 5.49. The average molecular weight is 768 g/mol. The molecule has 8 heteroatoms. The van der Waals surface area contributed by atoms with E-state index in [1.54, 1.807) is 11.8 Å². The van der Waals surface area contributed by atoms with Gasteiger partial charge in [0, 0.05) is 24.8 Å². The molecule has 0 radical (unpaired) electrons. The van der Waals surface area contributed by atoms with E-state index in [2.05, 4.69) is 31.4 Å². The maximum Gasteiger partial charge on any atom is 0.306 e. The Bertz CT molecular complexity index is 828. The summed E-state index contributed by atoms with van der Waals surface area (Å²) >= 11 is 1.66. The van der Waals surface area contributed by atoms with Crippen LogP contribution in [0.4, 0.5) is 0 Å². The highest BCUT2D eigenvalue weighted by molar-refractivity contribution is 7.99. The number of carbonyl (C=O) groups excluding carboxylic acids is 3. The maximum atomic E-state index is 13.7. The molecule has 0 rings (SSSR count). The minimum absolute atomic E-state index is 0.0362. The van der Waals surface area contributed by atoms with Crippen LogP contribution < -0.4 is 10.6 Å². The molecular formula is C45H89N3O4S. The molecule has 0 bridgehead atoms. The van der Waals surface area contributed by atoms with Crippen molar-refractivity contribution in [2.24, 2.45) is 5.92 Å². The predicted octanol–water partition coefficient (Wildman–Crippen LogP) is 11.8. The van der Waals surface area contributed by atoms with Crippen LogP contribution >= 0.6 is 11.8 Å². The van der Waals surface area contributed by atoms with Gasteiger partial charge < -0.3 is 20.3 Å². The van der Waals surface area contributed by atoms with Crippen molar-refractivity contribution >= 4 is 29.5 Å². The van der Waals surface area contributed by atoms with Crippen molar-refractivity contribution in [3.8, 4) is 0 Å².